The fourth-order valence-corrected chi connectivity index (χ4v) is 1.85. The Morgan fingerprint density at radius 1 is 1.60 bits per heavy atom. The van der Waals surface area contributed by atoms with Gasteiger partial charge < -0.3 is 20.1 Å². The maximum absolute atomic E-state index is 12.0. The first-order chi connectivity index (χ1) is 9.61. The molecule has 0 spiro atoms. The highest BCUT2D eigenvalue weighted by Gasteiger charge is 2.22. The zero-order valence-electron chi connectivity index (χ0n) is 10.9. The average molecular weight is 281 g/mol. The van der Waals surface area contributed by atoms with E-state index in [9.17, 15) is 14.9 Å². The van der Waals surface area contributed by atoms with Crippen LogP contribution in [0.3, 0.4) is 0 Å². The Morgan fingerprint density at radius 3 is 3.00 bits per heavy atom. The number of morpholine rings is 1. The second-order valence-corrected chi connectivity index (χ2v) is 4.21. The number of non-ortho nitro benzene ring substituents is 1. The first-order valence-electron chi connectivity index (χ1n) is 6.06. The van der Waals surface area contributed by atoms with E-state index in [4.69, 9.17) is 9.47 Å². The first kappa shape index (κ1) is 14.2. The molecule has 2 N–H and O–H groups in total. The number of nitro groups is 1. The summed E-state index contributed by atoms with van der Waals surface area (Å²) in [7, 11) is 1.39. The minimum absolute atomic E-state index is 0.0982. The molecular formula is C12H15N3O5. The van der Waals surface area contributed by atoms with Crippen molar-refractivity contribution in [3.63, 3.8) is 0 Å². The molecule has 1 saturated heterocycles. The van der Waals surface area contributed by atoms with Crippen LogP contribution >= 0.6 is 0 Å². The number of carbonyl (C=O) groups excluding carboxylic acids is 1. The van der Waals surface area contributed by atoms with Crippen molar-refractivity contribution < 1.29 is 19.2 Å². The number of hydrogen-bond donors (Lipinski definition) is 2. The maximum Gasteiger partial charge on any atom is 0.273 e. The van der Waals surface area contributed by atoms with E-state index < -0.39 is 11.0 Å². The molecule has 0 saturated carbocycles. The van der Waals surface area contributed by atoms with Gasteiger partial charge in [-0.25, -0.2) is 0 Å². The number of amides is 1. The van der Waals surface area contributed by atoms with Crippen molar-refractivity contribution in [1.29, 1.82) is 0 Å². The molecule has 1 fully saturated rings. The predicted octanol–water partition coefficient (Wildman–Crippen LogP) is 0.530. The number of nitro benzene ring substituents is 1. The molecule has 20 heavy (non-hydrogen) atoms. The van der Waals surface area contributed by atoms with Gasteiger partial charge in [0.05, 0.1) is 37.0 Å². The minimum atomic E-state index is -0.523. The van der Waals surface area contributed by atoms with E-state index in [0.717, 1.165) is 0 Å². The molecule has 8 nitrogen and oxygen atoms in total. The van der Waals surface area contributed by atoms with Crippen molar-refractivity contribution in [3.05, 3.63) is 28.3 Å². The predicted molar refractivity (Wildman–Crippen MR) is 70.9 cm³/mol. The van der Waals surface area contributed by atoms with Gasteiger partial charge in [0.1, 0.15) is 11.8 Å². The standard InChI is InChI=1S/C12H15N3O5/c1-19-11-6-8(15(17)18)2-3-9(11)14-12(16)10-7-20-5-4-13-10/h2-3,6,10,13H,4-5,7H2,1H3,(H,14,16). The molecule has 1 atom stereocenters. The molecule has 0 aromatic heterocycles. The van der Waals surface area contributed by atoms with Crippen LogP contribution < -0.4 is 15.4 Å². The monoisotopic (exact) mass is 281 g/mol. The first-order valence-corrected chi connectivity index (χ1v) is 6.06. The number of nitrogens with zero attached hydrogens (tertiary/aromatic N) is 1. The molecular weight excluding hydrogens is 266 g/mol. The zero-order valence-corrected chi connectivity index (χ0v) is 10.9. The Bertz CT molecular complexity index is 514. The molecule has 2 rings (SSSR count). The topological polar surface area (TPSA) is 103 Å². The van der Waals surface area contributed by atoms with E-state index in [2.05, 4.69) is 10.6 Å². The molecule has 1 aliphatic rings. The SMILES string of the molecule is COc1cc([N+](=O)[O-])ccc1NC(=O)C1COCCN1. The summed E-state index contributed by atoms with van der Waals surface area (Å²) in [4.78, 5) is 22.2. The fraction of sp³-hybridized carbons (Fsp3) is 0.417. The van der Waals surface area contributed by atoms with Crippen LogP contribution in [0.4, 0.5) is 11.4 Å². The Kier molecular flexibility index (Phi) is 4.49. The summed E-state index contributed by atoms with van der Waals surface area (Å²) in [5.41, 5.74) is 0.287. The molecule has 8 heteroatoms. The van der Waals surface area contributed by atoms with Gasteiger partial charge in [-0.1, -0.05) is 0 Å². The van der Waals surface area contributed by atoms with Gasteiger partial charge >= 0.3 is 0 Å². The van der Waals surface area contributed by atoms with E-state index in [0.29, 0.717) is 25.4 Å². The van der Waals surface area contributed by atoms with E-state index in [1.54, 1.807) is 0 Å². The van der Waals surface area contributed by atoms with E-state index in [-0.39, 0.29) is 17.3 Å². The van der Waals surface area contributed by atoms with Crippen LogP contribution in [0, 0.1) is 10.1 Å². The molecule has 1 unspecified atom stereocenters. The van der Waals surface area contributed by atoms with Crippen molar-refractivity contribution in [3.8, 4) is 5.75 Å². The van der Waals surface area contributed by atoms with Gasteiger partial charge in [-0.15, -0.1) is 0 Å². The van der Waals surface area contributed by atoms with E-state index >= 15 is 0 Å². The molecule has 1 aromatic rings. The highest BCUT2D eigenvalue weighted by molar-refractivity contribution is 5.96. The van der Waals surface area contributed by atoms with Gasteiger partial charge in [-0.3, -0.25) is 14.9 Å². The summed E-state index contributed by atoms with van der Waals surface area (Å²) in [5.74, 6) is -0.0267. The van der Waals surface area contributed by atoms with Crippen LogP contribution in [-0.4, -0.2) is 43.7 Å². The van der Waals surface area contributed by atoms with Crippen LogP contribution in [0.15, 0.2) is 18.2 Å². The molecule has 1 aliphatic heterocycles. The van der Waals surface area contributed by atoms with Gasteiger partial charge in [0, 0.05) is 12.6 Å². The smallest absolute Gasteiger partial charge is 0.273 e. The highest BCUT2D eigenvalue weighted by atomic mass is 16.6. The van der Waals surface area contributed by atoms with Crippen molar-refractivity contribution in [1.82, 2.24) is 5.32 Å². The van der Waals surface area contributed by atoms with Crippen molar-refractivity contribution in [2.45, 2.75) is 6.04 Å². The summed E-state index contributed by atoms with van der Waals surface area (Å²) in [6.45, 7) is 1.47. The van der Waals surface area contributed by atoms with Gasteiger partial charge in [0.15, 0.2) is 0 Å². The molecule has 1 aromatic carbocycles. The van der Waals surface area contributed by atoms with Gasteiger partial charge in [0.25, 0.3) is 5.69 Å². The lowest BCUT2D eigenvalue weighted by molar-refractivity contribution is -0.384. The molecule has 1 heterocycles. The highest BCUT2D eigenvalue weighted by Crippen LogP contribution is 2.29. The third-order valence-corrected chi connectivity index (χ3v) is 2.89. The zero-order chi connectivity index (χ0) is 14.5. The van der Waals surface area contributed by atoms with E-state index in [1.165, 1.54) is 25.3 Å². The van der Waals surface area contributed by atoms with Crippen molar-refractivity contribution in [2.75, 3.05) is 32.2 Å². The fourth-order valence-electron chi connectivity index (χ4n) is 1.85. The summed E-state index contributed by atoms with van der Waals surface area (Å²) < 4.78 is 10.3. The number of anilines is 1. The molecule has 1 amide bonds. The summed E-state index contributed by atoms with van der Waals surface area (Å²) in [6, 6.07) is 3.57. The van der Waals surface area contributed by atoms with Gasteiger partial charge in [-0.2, -0.15) is 0 Å². The largest absolute Gasteiger partial charge is 0.494 e. The van der Waals surface area contributed by atoms with Crippen LogP contribution in [-0.2, 0) is 9.53 Å². The number of methoxy groups -OCH3 is 1. The van der Waals surface area contributed by atoms with Crippen LogP contribution in [0.1, 0.15) is 0 Å². The van der Waals surface area contributed by atoms with Crippen LogP contribution in [0.2, 0.25) is 0 Å². The second kappa shape index (κ2) is 6.31. The quantitative estimate of drug-likeness (QED) is 0.616. The number of nitrogens with one attached hydrogen (secondary N) is 2. The lowest BCUT2D eigenvalue weighted by Gasteiger charge is -2.23. The normalized spacial score (nSPS) is 18.4. The Hall–Kier alpha value is -2.19. The Balaban J connectivity index is 2.11. The third kappa shape index (κ3) is 3.22. The van der Waals surface area contributed by atoms with Gasteiger partial charge in [-0.05, 0) is 6.07 Å². The summed E-state index contributed by atoms with van der Waals surface area (Å²) in [5, 5.41) is 16.4. The second-order valence-electron chi connectivity index (χ2n) is 4.21. The van der Waals surface area contributed by atoms with Gasteiger partial charge in [0.2, 0.25) is 5.91 Å². The lowest BCUT2D eigenvalue weighted by Crippen LogP contribution is -2.48. The lowest BCUT2D eigenvalue weighted by atomic mass is 10.2. The number of ether oxygens (including phenoxy) is 2. The molecule has 0 bridgehead atoms. The number of rotatable bonds is 4. The number of hydrogen-bond acceptors (Lipinski definition) is 6. The Labute approximate surface area is 115 Å². The van der Waals surface area contributed by atoms with E-state index in [1.807, 2.05) is 0 Å². The number of carbonyl (C=O) groups is 1. The summed E-state index contributed by atoms with van der Waals surface area (Å²) in [6.07, 6.45) is 0. The minimum Gasteiger partial charge on any atom is -0.494 e. The van der Waals surface area contributed by atoms with Crippen molar-refractivity contribution in [2.24, 2.45) is 0 Å². The average Bonchev–Trinajstić information content (AvgIpc) is 2.48. The van der Waals surface area contributed by atoms with Crippen LogP contribution in [0.25, 0.3) is 0 Å². The Morgan fingerprint density at radius 2 is 2.40 bits per heavy atom. The maximum atomic E-state index is 12.0. The molecule has 108 valence electrons. The number of benzene rings is 1. The van der Waals surface area contributed by atoms with Crippen molar-refractivity contribution >= 4 is 17.3 Å². The third-order valence-electron chi connectivity index (χ3n) is 2.89. The summed E-state index contributed by atoms with van der Waals surface area (Å²) >= 11 is 0. The molecule has 0 aliphatic carbocycles. The molecule has 0 radical (unpaired) electrons. The van der Waals surface area contributed by atoms with Crippen LogP contribution in [0.5, 0.6) is 5.75 Å².